The number of pyridine rings is 1. The van der Waals surface area contributed by atoms with Crippen molar-refractivity contribution in [2.45, 2.75) is 20.4 Å². The van der Waals surface area contributed by atoms with E-state index >= 15 is 0 Å². The van der Waals surface area contributed by atoms with Gasteiger partial charge < -0.3 is 10.1 Å². The number of hydrogen-bond donors (Lipinski definition) is 1. The molecule has 0 unspecified atom stereocenters. The van der Waals surface area contributed by atoms with Crippen LogP contribution in [0.25, 0.3) is 6.08 Å². The average Bonchev–Trinajstić information content (AvgIpc) is 2.49. The zero-order chi connectivity index (χ0) is 15.1. The van der Waals surface area contributed by atoms with Gasteiger partial charge in [-0.05, 0) is 41.5 Å². The van der Waals surface area contributed by atoms with Gasteiger partial charge in [0.2, 0.25) is 5.88 Å². The van der Waals surface area contributed by atoms with Crippen molar-refractivity contribution in [1.29, 1.82) is 0 Å². The van der Waals surface area contributed by atoms with E-state index in [1.165, 1.54) is 0 Å². The lowest BCUT2D eigenvalue weighted by Crippen LogP contribution is -2.13. The highest BCUT2D eigenvalue weighted by atomic mass is 79.9. The smallest absolute Gasteiger partial charge is 0.223 e. The van der Waals surface area contributed by atoms with Crippen molar-refractivity contribution in [2.75, 3.05) is 6.54 Å². The van der Waals surface area contributed by atoms with Crippen molar-refractivity contribution in [2.24, 2.45) is 0 Å². The fourth-order valence-corrected chi connectivity index (χ4v) is 2.32. The van der Waals surface area contributed by atoms with Gasteiger partial charge in [0.15, 0.2) is 0 Å². The van der Waals surface area contributed by atoms with Crippen molar-refractivity contribution >= 4 is 22.0 Å². The summed E-state index contributed by atoms with van der Waals surface area (Å²) in [4.78, 5) is 4.39. The van der Waals surface area contributed by atoms with E-state index in [0.717, 1.165) is 34.4 Å². The molecular weight excluding hydrogens is 328 g/mol. The van der Waals surface area contributed by atoms with E-state index in [-0.39, 0.29) is 0 Å². The molecule has 1 N–H and O–H groups in total. The van der Waals surface area contributed by atoms with E-state index in [1.807, 2.05) is 49.4 Å². The number of nitrogens with one attached hydrogen (secondary N) is 1. The third kappa shape index (κ3) is 4.41. The van der Waals surface area contributed by atoms with E-state index < -0.39 is 0 Å². The third-order valence-corrected chi connectivity index (χ3v) is 3.36. The molecule has 4 heteroatoms. The van der Waals surface area contributed by atoms with Crippen molar-refractivity contribution in [1.82, 2.24) is 10.3 Å². The van der Waals surface area contributed by atoms with Crippen LogP contribution < -0.4 is 10.1 Å². The van der Waals surface area contributed by atoms with Crippen LogP contribution in [0.5, 0.6) is 11.6 Å². The Balaban J connectivity index is 2.30. The van der Waals surface area contributed by atoms with Gasteiger partial charge in [-0.15, -0.1) is 0 Å². The molecule has 0 fully saturated rings. The molecule has 0 atom stereocenters. The number of allylic oxidation sites excluding steroid dienone is 1. The summed E-state index contributed by atoms with van der Waals surface area (Å²) in [5.74, 6) is 1.44. The lowest BCUT2D eigenvalue weighted by atomic mass is 10.2. The standard InChI is InChI=1S/C17H19BrN2O/c1-3-7-13-8-5-6-9-16(13)21-17-14(11-19-4-2)10-15(18)12-20-17/h3,5-10,12,19H,4,11H2,1-2H3. The van der Waals surface area contributed by atoms with Crippen LogP contribution >= 0.6 is 15.9 Å². The Bertz CT molecular complexity index is 626. The predicted octanol–water partition coefficient (Wildman–Crippen LogP) is 4.78. The number of hydrogen-bond acceptors (Lipinski definition) is 3. The summed E-state index contributed by atoms with van der Waals surface area (Å²) in [6.07, 6.45) is 5.78. The lowest BCUT2D eigenvalue weighted by Gasteiger charge is -2.12. The van der Waals surface area contributed by atoms with Gasteiger partial charge >= 0.3 is 0 Å². The Morgan fingerprint density at radius 3 is 2.90 bits per heavy atom. The van der Waals surface area contributed by atoms with E-state index in [2.05, 4.69) is 33.2 Å². The highest BCUT2D eigenvalue weighted by Gasteiger charge is 2.09. The Hall–Kier alpha value is -1.65. The van der Waals surface area contributed by atoms with Crippen LogP contribution in [0.1, 0.15) is 25.0 Å². The molecule has 0 aliphatic carbocycles. The number of aromatic nitrogens is 1. The lowest BCUT2D eigenvalue weighted by molar-refractivity contribution is 0.452. The maximum absolute atomic E-state index is 6.02. The van der Waals surface area contributed by atoms with Gasteiger partial charge in [0.1, 0.15) is 5.75 Å². The molecule has 3 nitrogen and oxygen atoms in total. The largest absolute Gasteiger partial charge is 0.438 e. The maximum atomic E-state index is 6.02. The number of ether oxygens (including phenoxy) is 1. The zero-order valence-electron chi connectivity index (χ0n) is 12.3. The molecule has 2 aromatic rings. The van der Waals surface area contributed by atoms with E-state index in [1.54, 1.807) is 6.20 Å². The number of nitrogens with zero attached hydrogens (tertiary/aromatic N) is 1. The van der Waals surface area contributed by atoms with Crippen LogP contribution in [0.3, 0.4) is 0 Å². The third-order valence-electron chi connectivity index (χ3n) is 2.93. The van der Waals surface area contributed by atoms with Crippen LogP contribution in [0.15, 0.2) is 47.1 Å². The Kier molecular flexibility index (Phi) is 5.96. The van der Waals surface area contributed by atoms with Gasteiger partial charge in [-0.1, -0.05) is 37.3 Å². The summed E-state index contributed by atoms with van der Waals surface area (Å²) in [6.45, 7) is 5.70. The average molecular weight is 347 g/mol. The molecular formula is C17H19BrN2O. The topological polar surface area (TPSA) is 34.1 Å². The molecule has 110 valence electrons. The Labute approximate surface area is 134 Å². The first-order valence-corrected chi connectivity index (χ1v) is 7.78. The Morgan fingerprint density at radius 2 is 2.14 bits per heavy atom. The van der Waals surface area contributed by atoms with Crippen LogP contribution in [-0.4, -0.2) is 11.5 Å². The molecule has 0 bridgehead atoms. The van der Waals surface area contributed by atoms with Gasteiger partial charge in [-0.25, -0.2) is 4.98 Å². The van der Waals surface area contributed by atoms with Crippen LogP contribution in [0.2, 0.25) is 0 Å². The monoisotopic (exact) mass is 346 g/mol. The minimum absolute atomic E-state index is 0.635. The summed E-state index contributed by atoms with van der Waals surface area (Å²) in [7, 11) is 0. The molecule has 0 spiro atoms. The minimum atomic E-state index is 0.635. The van der Waals surface area contributed by atoms with Crippen molar-refractivity contribution in [3.63, 3.8) is 0 Å². The zero-order valence-corrected chi connectivity index (χ0v) is 13.9. The maximum Gasteiger partial charge on any atom is 0.223 e. The van der Waals surface area contributed by atoms with Crippen LogP contribution in [0, 0.1) is 0 Å². The normalized spacial score (nSPS) is 11.0. The molecule has 0 amide bonds. The summed E-state index contributed by atoms with van der Waals surface area (Å²) in [6, 6.07) is 9.97. The van der Waals surface area contributed by atoms with Crippen molar-refractivity contribution in [3.8, 4) is 11.6 Å². The molecule has 0 saturated heterocycles. The van der Waals surface area contributed by atoms with Gasteiger partial charge in [0.05, 0.1) is 0 Å². The highest BCUT2D eigenvalue weighted by molar-refractivity contribution is 9.10. The van der Waals surface area contributed by atoms with Crippen LogP contribution in [-0.2, 0) is 6.54 Å². The first-order valence-electron chi connectivity index (χ1n) is 6.99. The van der Waals surface area contributed by atoms with Crippen molar-refractivity contribution in [3.05, 3.63) is 58.2 Å². The second-order valence-electron chi connectivity index (χ2n) is 4.54. The first kappa shape index (κ1) is 15.7. The minimum Gasteiger partial charge on any atom is -0.438 e. The highest BCUT2D eigenvalue weighted by Crippen LogP contribution is 2.28. The van der Waals surface area contributed by atoms with E-state index in [4.69, 9.17) is 4.74 Å². The Morgan fingerprint density at radius 1 is 1.33 bits per heavy atom. The second-order valence-corrected chi connectivity index (χ2v) is 5.45. The van der Waals surface area contributed by atoms with Crippen molar-refractivity contribution < 1.29 is 4.74 Å². The van der Waals surface area contributed by atoms with Crippen LogP contribution in [0.4, 0.5) is 0 Å². The van der Waals surface area contributed by atoms with Gasteiger partial charge in [0, 0.05) is 28.3 Å². The quantitative estimate of drug-likeness (QED) is 0.817. The van der Waals surface area contributed by atoms with E-state index in [9.17, 15) is 0 Å². The summed E-state index contributed by atoms with van der Waals surface area (Å²) >= 11 is 3.46. The summed E-state index contributed by atoms with van der Waals surface area (Å²) in [5.41, 5.74) is 2.07. The molecule has 1 aromatic carbocycles. The summed E-state index contributed by atoms with van der Waals surface area (Å²) < 4.78 is 6.97. The van der Waals surface area contributed by atoms with Gasteiger partial charge in [-0.2, -0.15) is 0 Å². The molecule has 1 aromatic heterocycles. The molecule has 0 aliphatic heterocycles. The predicted molar refractivity (Wildman–Crippen MR) is 90.5 cm³/mol. The summed E-state index contributed by atoms with van der Waals surface area (Å²) in [5, 5.41) is 3.30. The molecule has 0 radical (unpaired) electrons. The number of para-hydroxylation sites is 1. The SMILES string of the molecule is CC=Cc1ccccc1Oc1ncc(Br)cc1CNCC. The number of halogens is 1. The van der Waals surface area contributed by atoms with Gasteiger partial charge in [-0.3, -0.25) is 0 Å². The fraction of sp³-hybridized carbons (Fsp3) is 0.235. The first-order chi connectivity index (χ1) is 10.2. The second kappa shape index (κ2) is 7.96. The molecule has 0 saturated carbocycles. The van der Waals surface area contributed by atoms with E-state index in [0.29, 0.717) is 5.88 Å². The molecule has 2 rings (SSSR count). The number of benzene rings is 1. The number of rotatable bonds is 6. The molecule has 0 aliphatic rings. The molecule has 1 heterocycles. The van der Waals surface area contributed by atoms with Gasteiger partial charge in [0.25, 0.3) is 0 Å². The molecule has 21 heavy (non-hydrogen) atoms. The fourth-order valence-electron chi connectivity index (χ4n) is 1.94.